The summed E-state index contributed by atoms with van der Waals surface area (Å²) >= 11 is 1.39. The highest BCUT2D eigenvalue weighted by Crippen LogP contribution is 2.34. The van der Waals surface area contributed by atoms with Crippen LogP contribution in [0.3, 0.4) is 0 Å². The maximum absolute atomic E-state index is 11.5. The molecule has 1 aromatic carbocycles. The zero-order valence-electron chi connectivity index (χ0n) is 11.6. The Morgan fingerprint density at radius 3 is 2.80 bits per heavy atom. The van der Waals surface area contributed by atoms with Crippen LogP contribution in [0.2, 0.25) is 0 Å². The number of fused-ring (bicyclic) bond motifs is 1. The van der Waals surface area contributed by atoms with Gasteiger partial charge in [-0.1, -0.05) is 25.1 Å². The van der Waals surface area contributed by atoms with E-state index in [0.29, 0.717) is 4.88 Å². The summed E-state index contributed by atoms with van der Waals surface area (Å²) in [7, 11) is 0. The molecule has 1 aliphatic carbocycles. The summed E-state index contributed by atoms with van der Waals surface area (Å²) in [4.78, 5) is 14.4. The van der Waals surface area contributed by atoms with Crippen molar-refractivity contribution in [2.45, 2.75) is 26.3 Å². The van der Waals surface area contributed by atoms with Gasteiger partial charge < -0.3 is 5.11 Å². The molecule has 0 amide bonds. The van der Waals surface area contributed by atoms with Crippen molar-refractivity contribution in [1.29, 1.82) is 0 Å². The molecule has 0 radical (unpaired) electrons. The van der Waals surface area contributed by atoms with Crippen LogP contribution in [-0.4, -0.2) is 29.1 Å². The largest absolute Gasteiger partial charge is 0.477 e. The number of hydrogen-bond acceptors (Lipinski definition) is 3. The van der Waals surface area contributed by atoms with Gasteiger partial charge in [-0.15, -0.1) is 11.3 Å². The van der Waals surface area contributed by atoms with Crippen LogP contribution in [0.25, 0.3) is 10.1 Å². The van der Waals surface area contributed by atoms with Gasteiger partial charge in [-0.3, -0.25) is 4.90 Å². The van der Waals surface area contributed by atoms with Crippen LogP contribution in [0, 0.1) is 5.92 Å². The van der Waals surface area contributed by atoms with Gasteiger partial charge in [-0.25, -0.2) is 4.79 Å². The molecule has 1 heterocycles. The Morgan fingerprint density at radius 2 is 2.15 bits per heavy atom. The molecule has 0 saturated heterocycles. The molecule has 0 aliphatic heterocycles. The summed E-state index contributed by atoms with van der Waals surface area (Å²) < 4.78 is 1.07. The van der Waals surface area contributed by atoms with Gasteiger partial charge >= 0.3 is 5.97 Å². The summed E-state index contributed by atoms with van der Waals surface area (Å²) in [5, 5.41) is 10.5. The molecular formula is C16H19NO2S. The molecule has 1 saturated carbocycles. The van der Waals surface area contributed by atoms with Crippen molar-refractivity contribution < 1.29 is 9.90 Å². The van der Waals surface area contributed by atoms with Crippen molar-refractivity contribution in [2.24, 2.45) is 5.92 Å². The number of carbonyl (C=O) groups is 1. The van der Waals surface area contributed by atoms with Gasteiger partial charge in [0, 0.05) is 17.8 Å². The molecule has 1 fully saturated rings. The van der Waals surface area contributed by atoms with Crippen LogP contribution in [0.5, 0.6) is 0 Å². The lowest BCUT2D eigenvalue weighted by molar-refractivity contribution is 0.0700. The van der Waals surface area contributed by atoms with Gasteiger partial charge in [0.1, 0.15) is 4.88 Å². The molecule has 106 valence electrons. The molecule has 4 heteroatoms. The summed E-state index contributed by atoms with van der Waals surface area (Å²) in [6, 6.07) is 8.00. The Balaban J connectivity index is 1.94. The summed E-state index contributed by atoms with van der Waals surface area (Å²) in [6.45, 7) is 4.97. The number of rotatable bonds is 6. The van der Waals surface area contributed by atoms with Gasteiger partial charge in [-0.2, -0.15) is 0 Å². The second-order valence-corrected chi connectivity index (χ2v) is 6.53. The minimum atomic E-state index is -0.802. The minimum absolute atomic E-state index is 0.500. The summed E-state index contributed by atoms with van der Waals surface area (Å²) in [5.41, 5.74) is 0.987. The van der Waals surface area contributed by atoms with E-state index in [1.165, 1.54) is 24.2 Å². The van der Waals surface area contributed by atoms with E-state index in [1.807, 2.05) is 24.3 Å². The first-order valence-electron chi connectivity index (χ1n) is 7.15. The SMILES string of the molecule is CCN(Cc1c(C(=O)O)sc2ccccc12)CC1CC1. The van der Waals surface area contributed by atoms with Crippen molar-refractivity contribution in [3.63, 3.8) is 0 Å². The third-order valence-corrected chi connectivity index (χ3v) is 5.14. The number of nitrogens with zero attached hydrogens (tertiary/aromatic N) is 1. The normalized spacial score (nSPS) is 15.1. The van der Waals surface area contributed by atoms with Crippen molar-refractivity contribution in [2.75, 3.05) is 13.1 Å². The van der Waals surface area contributed by atoms with Crippen molar-refractivity contribution >= 4 is 27.4 Å². The zero-order chi connectivity index (χ0) is 14.1. The fourth-order valence-electron chi connectivity index (χ4n) is 2.62. The van der Waals surface area contributed by atoms with E-state index in [9.17, 15) is 9.90 Å². The molecule has 1 aliphatic rings. The van der Waals surface area contributed by atoms with Gasteiger partial charge in [0.15, 0.2) is 0 Å². The maximum atomic E-state index is 11.5. The lowest BCUT2D eigenvalue weighted by atomic mass is 10.1. The Hall–Kier alpha value is -1.39. The number of hydrogen-bond donors (Lipinski definition) is 1. The van der Waals surface area contributed by atoms with Gasteiger partial charge in [-0.05, 0) is 42.3 Å². The molecule has 3 rings (SSSR count). The molecular weight excluding hydrogens is 270 g/mol. The van der Waals surface area contributed by atoms with E-state index < -0.39 is 5.97 Å². The smallest absolute Gasteiger partial charge is 0.346 e. The van der Waals surface area contributed by atoms with Crippen LogP contribution in [0.15, 0.2) is 24.3 Å². The second-order valence-electron chi connectivity index (χ2n) is 5.48. The second kappa shape index (κ2) is 5.54. The average Bonchev–Trinajstić information content (AvgIpc) is 3.18. The van der Waals surface area contributed by atoms with Gasteiger partial charge in [0.25, 0.3) is 0 Å². The maximum Gasteiger partial charge on any atom is 0.346 e. The van der Waals surface area contributed by atoms with E-state index in [4.69, 9.17) is 0 Å². The predicted octanol–water partition coefficient (Wildman–Crippen LogP) is 3.83. The minimum Gasteiger partial charge on any atom is -0.477 e. The quantitative estimate of drug-likeness (QED) is 0.878. The van der Waals surface area contributed by atoms with Crippen molar-refractivity contribution in [3.05, 3.63) is 34.7 Å². The standard InChI is InChI=1S/C16H19NO2S/c1-2-17(9-11-7-8-11)10-13-12-5-3-4-6-14(12)20-15(13)16(18)19/h3-6,11H,2,7-10H2,1H3,(H,18,19). The first-order valence-corrected chi connectivity index (χ1v) is 7.96. The molecule has 1 aromatic heterocycles. The fourth-order valence-corrected chi connectivity index (χ4v) is 3.68. The highest BCUT2D eigenvalue weighted by Gasteiger charge is 2.25. The third kappa shape index (κ3) is 2.72. The molecule has 2 aromatic rings. The van der Waals surface area contributed by atoms with E-state index in [0.717, 1.165) is 41.2 Å². The monoisotopic (exact) mass is 289 g/mol. The van der Waals surface area contributed by atoms with Crippen molar-refractivity contribution in [3.8, 4) is 0 Å². The van der Waals surface area contributed by atoms with Crippen LogP contribution < -0.4 is 0 Å². The summed E-state index contributed by atoms with van der Waals surface area (Å²) in [6.07, 6.45) is 2.65. The molecule has 0 unspecified atom stereocenters. The predicted molar refractivity (Wildman–Crippen MR) is 82.5 cm³/mol. The van der Waals surface area contributed by atoms with Crippen LogP contribution in [0.4, 0.5) is 0 Å². The Kier molecular flexibility index (Phi) is 3.76. The molecule has 0 spiro atoms. The number of aromatic carboxylic acids is 1. The van der Waals surface area contributed by atoms with Crippen LogP contribution in [-0.2, 0) is 6.54 Å². The molecule has 1 N–H and O–H groups in total. The highest BCUT2D eigenvalue weighted by molar-refractivity contribution is 7.21. The Bertz CT molecular complexity index is 630. The van der Waals surface area contributed by atoms with E-state index in [-0.39, 0.29) is 0 Å². The number of carboxylic acid groups (broad SMARTS) is 1. The van der Waals surface area contributed by atoms with Crippen molar-refractivity contribution in [1.82, 2.24) is 4.90 Å². The van der Waals surface area contributed by atoms with Gasteiger partial charge in [0.05, 0.1) is 0 Å². The van der Waals surface area contributed by atoms with Gasteiger partial charge in [0.2, 0.25) is 0 Å². The molecule has 0 bridgehead atoms. The molecule has 20 heavy (non-hydrogen) atoms. The summed E-state index contributed by atoms with van der Waals surface area (Å²) in [5.74, 6) is 0.0248. The topological polar surface area (TPSA) is 40.5 Å². The lowest BCUT2D eigenvalue weighted by Crippen LogP contribution is -2.25. The number of thiophene rings is 1. The fraction of sp³-hybridized carbons (Fsp3) is 0.438. The number of benzene rings is 1. The number of carboxylic acids is 1. The first-order chi connectivity index (χ1) is 9.69. The van der Waals surface area contributed by atoms with Crippen LogP contribution >= 0.6 is 11.3 Å². The Morgan fingerprint density at radius 1 is 1.40 bits per heavy atom. The third-order valence-electron chi connectivity index (χ3n) is 3.93. The molecule has 0 atom stereocenters. The van der Waals surface area contributed by atoms with E-state index in [1.54, 1.807) is 0 Å². The molecule has 3 nitrogen and oxygen atoms in total. The average molecular weight is 289 g/mol. The lowest BCUT2D eigenvalue weighted by Gasteiger charge is -2.20. The Labute approximate surface area is 122 Å². The highest BCUT2D eigenvalue weighted by atomic mass is 32.1. The first kappa shape index (κ1) is 13.6. The van der Waals surface area contributed by atoms with E-state index in [2.05, 4.69) is 11.8 Å². The van der Waals surface area contributed by atoms with Crippen LogP contribution in [0.1, 0.15) is 35.0 Å². The zero-order valence-corrected chi connectivity index (χ0v) is 12.4. The van der Waals surface area contributed by atoms with E-state index >= 15 is 0 Å².